The number of benzene rings is 2. The lowest BCUT2D eigenvalue weighted by Crippen LogP contribution is -2.53. The molecule has 0 bridgehead atoms. The Morgan fingerprint density at radius 2 is 1.02 bits per heavy atom. The van der Waals surface area contributed by atoms with Gasteiger partial charge in [-0.3, -0.25) is 0 Å². The molecule has 2 heterocycles. The molecule has 4 unspecified atom stereocenters. The average molecular weight is 760 g/mol. The summed E-state index contributed by atoms with van der Waals surface area (Å²) in [6.45, 7) is 5.99. The van der Waals surface area contributed by atoms with Crippen molar-refractivity contribution in [3.63, 3.8) is 0 Å². The summed E-state index contributed by atoms with van der Waals surface area (Å²) in [5.41, 5.74) is 1.29. The summed E-state index contributed by atoms with van der Waals surface area (Å²) in [5, 5.41) is 61.2. The summed E-state index contributed by atoms with van der Waals surface area (Å²) in [6.07, 6.45) is -4.18. The Hall–Kier alpha value is -1.78. The number of aliphatic hydroxyl groups excluding tert-OH is 6. The van der Waals surface area contributed by atoms with Crippen molar-refractivity contribution in [1.82, 2.24) is 0 Å². The monoisotopic (exact) mass is 758 g/mol. The van der Waals surface area contributed by atoms with Crippen molar-refractivity contribution in [2.75, 3.05) is 13.7 Å². The molecule has 14 atom stereocenters. The summed E-state index contributed by atoms with van der Waals surface area (Å²) in [6, 6.07) is 10.3. The first kappa shape index (κ1) is 40.4. The van der Waals surface area contributed by atoms with Crippen molar-refractivity contribution in [3.8, 4) is 11.5 Å². The van der Waals surface area contributed by atoms with Crippen LogP contribution in [0.3, 0.4) is 0 Å². The zero-order chi connectivity index (χ0) is 37.0. The van der Waals surface area contributed by atoms with E-state index in [4.69, 9.17) is 51.6 Å². The standard InChI is InChI=1S/C19H27ClO6.C18H25ClO6/c1-3-24-12-5-6-13(9-12)26-15-8-11(4-7-14(15)20)19-18(23)17(22)16(21)10(2)25-19;1-9-15(20)16(21)17(22)18(24-9)10-3-6-13(19)14(7-10)25-12-5-4-11(8-12)23-2/h4,7-8,10,12-13,16-19,21-23H,3,5-6,9H2,1-2H3;3,6-7,9,11-12,15-18,20-22H,4-5,8H2,1-2H3/t10-,12?,13?,16-,17+,18-,19+;9-,11?,12?,15-,16+,17-,18+/m11/s1. The first-order valence-corrected chi connectivity index (χ1v) is 18.5. The van der Waals surface area contributed by atoms with E-state index in [1.165, 1.54) is 0 Å². The Morgan fingerprint density at radius 1 is 0.608 bits per heavy atom. The van der Waals surface area contributed by atoms with Crippen molar-refractivity contribution < 1.29 is 59.1 Å². The van der Waals surface area contributed by atoms with Gasteiger partial charge in [0.1, 0.15) is 72.5 Å². The van der Waals surface area contributed by atoms with Crippen LogP contribution in [0.5, 0.6) is 11.5 Å². The van der Waals surface area contributed by atoms with Crippen LogP contribution in [0.1, 0.15) is 82.6 Å². The van der Waals surface area contributed by atoms with Crippen LogP contribution in [0.15, 0.2) is 36.4 Å². The number of hydrogen-bond acceptors (Lipinski definition) is 12. The van der Waals surface area contributed by atoms with Crippen LogP contribution in [-0.2, 0) is 18.9 Å². The van der Waals surface area contributed by atoms with E-state index in [-0.39, 0.29) is 24.4 Å². The van der Waals surface area contributed by atoms with Crippen LogP contribution in [0.25, 0.3) is 0 Å². The predicted octanol–water partition coefficient (Wildman–Crippen LogP) is 4.05. The highest BCUT2D eigenvalue weighted by Gasteiger charge is 2.44. The van der Waals surface area contributed by atoms with Gasteiger partial charge in [0.05, 0.1) is 34.5 Å². The highest BCUT2D eigenvalue weighted by atomic mass is 35.5. The molecule has 0 amide bonds. The van der Waals surface area contributed by atoms with Crippen LogP contribution in [0.2, 0.25) is 10.0 Å². The molecule has 0 aromatic heterocycles. The van der Waals surface area contributed by atoms with Crippen molar-refractivity contribution in [3.05, 3.63) is 57.6 Å². The molecule has 4 fully saturated rings. The Labute approximate surface area is 309 Å². The van der Waals surface area contributed by atoms with Crippen molar-refractivity contribution in [1.29, 1.82) is 0 Å². The normalized spacial score (nSPS) is 38.2. The van der Waals surface area contributed by atoms with Gasteiger partial charge in [-0.25, -0.2) is 0 Å². The highest BCUT2D eigenvalue weighted by molar-refractivity contribution is 6.32. The number of ether oxygens (including phenoxy) is 6. The van der Waals surface area contributed by atoms with E-state index in [2.05, 4.69) is 0 Å². The minimum atomic E-state index is -1.27. The lowest BCUT2D eigenvalue weighted by molar-refractivity contribution is -0.219. The number of methoxy groups -OCH3 is 1. The fraction of sp³-hybridized carbons (Fsp3) is 0.676. The number of rotatable bonds is 9. The summed E-state index contributed by atoms with van der Waals surface area (Å²) in [7, 11) is 1.70. The third kappa shape index (κ3) is 9.67. The van der Waals surface area contributed by atoms with Crippen LogP contribution in [0.4, 0.5) is 0 Å². The first-order chi connectivity index (χ1) is 24.3. The summed E-state index contributed by atoms with van der Waals surface area (Å²) in [4.78, 5) is 0. The molecule has 6 rings (SSSR count). The van der Waals surface area contributed by atoms with Crippen LogP contribution in [0, 0.1) is 0 Å². The molecular weight excluding hydrogens is 707 g/mol. The maximum Gasteiger partial charge on any atom is 0.138 e. The summed E-state index contributed by atoms with van der Waals surface area (Å²) in [5.74, 6) is 1.04. The van der Waals surface area contributed by atoms with E-state index in [9.17, 15) is 30.6 Å². The molecule has 0 spiro atoms. The van der Waals surface area contributed by atoms with Gasteiger partial charge in [-0.15, -0.1) is 0 Å². The van der Waals surface area contributed by atoms with E-state index in [1.54, 1.807) is 57.4 Å². The highest BCUT2D eigenvalue weighted by Crippen LogP contribution is 2.39. The van der Waals surface area contributed by atoms with Crippen molar-refractivity contribution in [2.45, 2.75) is 145 Å². The van der Waals surface area contributed by atoms with E-state index in [1.807, 2.05) is 6.92 Å². The quantitative estimate of drug-likeness (QED) is 0.217. The SMILES string of the molecule is CCOC1CCC(Oc2cc([C@@H]3O[C@H](C)[C@@H](O)[C@H](O)[C@H]3O)ccc2Cl)C1.COC1CCC(Oc2cc([C@@H]3O[C@H](C)[C@@H](O)[C@H](O)[C@H]3O)ccc2Cl)C1. The second-order valence-corrected chi connectivity index (χ2v) is 14.7. The number of hydrogen-bond donors (Lipinski definition) is 6. The molecule has 2 aromatic carbocycles. The van der Waals surface area contributed by atoms with E-state index in [0.717, 1.165) is 38.5 Å². The van der Waals surface area contributed by atoms with Gasteiger partial charge in [-0.1, -0.05) is 35.3 Å². The van der Waals surface area contributed by atoms with Gasteiger partial charge < -0.3 is 59.1 Å². The minimum absolute atomic E-state index is 0.0289. The fourth-order valence-corrected chi connectivity index (χ4v) is 7.53. The van der Waals surface area contributed by atoms with Gasteiger partial charge in [0.25, 0.3) is 0 Å². The second kappa shape index (κ2) is 18.0. The van der Waals surface area contributed by atoms with Gasteiger partial charge in [0.2, 0.25) is 0 Å². The van der Waals surface area contributed by atoms with Gasteiger partial charge in [-0.05, 0) is 81.8 Å². The molecular formula is C37H52Cl2O12. The largest absolute Gasteiger partial charge is 0.489 e. The van der Waals surface area contributed by atoms with Gasteiger partial charge >= 0.3 is 0 Å². The Kier molecular flexibility index (Phi) is 14.3. The Balaban J connectivity index is 0.000000198. The molecule has 2 saturated heterocycles. The lowest BCUT2D eigenvalue weighted by Gasteiger charge is -2.39. The minimum Gasteiger partial charge on any atom is -0.489 e. The smallest absolute Gasteiger partial charge is 0.138 e. The van der Waals surface area contributed by atoms with E-state index >= 15 is 0 Å². The molecule has 0 radical (unpaired) electrons. The molecule has 2 aromatic rings. The van der Waals surface area contributed by atoms with E-state index in [0.29, 0.717) is 39.3 Å². The molecule has 14 heteroatoms. The molecule has 12 nitrogen and oxygen atoms in total. The maximum atomic E-state index is 10.3. The lowest BCUT2D eigenvalue weighted by atomic mass is 9.91. The Morgan fingerprint density at radius 3 is 1.43 bits per heavy atom. The molecule has 2 aliphatic heterocycles. The first-order valence-electron chi connectivity index (χ1n) is 17.8. The molecule has 2 saturated carbocycles. The van der Waals surface area contributed by atoms with Crippen LogP contribution >= 0.6 is 23.2 Å². The topological polar surface area (TPSA) is 177 Å². The Bertz CT molecular complexity index is 1420. The zero-order valence-electron chi connectivity index (χ0n) is 29.4. The summed E-state index contributed by atoms with van der Waals surface area (Å²) >= 11 is 12.5. The van der Waals surface area contributed by atoms with Crippen molar-refractivity contribution in [2.24, 2.45) is 0 Å². The average Bonchev–Trinajstić information content (AvgIpc) is 3.77. The third-order valence-electron chi connectivity index (χ3n) is 10.3. The van der Waals surface area contributed by atoms with Gasteiger partial charge in [-0.2, -0.15) is 0 Å². The van der Waals surface area contributed by atoms with Gasteiger partial charge in [0.15, 0.2) is 0 Å². The molecule has 6 N–H and O–H groups in total. The predicted molar refractivity (Wildman–Crippen MR) is 188 cm³/mol. The molecule has 286 valence electrons. The van der Waals surface area contributed by atoms with Crippen LogP contribution in [-0.4, -0.2) is 118 Å². The second-order valence-electron chi connectivity index (χ2n) is 13.9. The number of halogens is 2. The fourth-order valence-electron chi connectivity index (χ4n) is 7.20. The third-order valence-corrected chi connectivity index (χ3v) is 10.9. The van der Waals surface area contributed by atoms with Gasteiger partial charge in [0, 0.05) is 26.6 Å². The summed E-state index contributed by atoms with van der Waals surface area (Å²) < 4.78 is 34.5. The molecule has 4 aliphatic rings. The van der Waals surface area contributed by atoms with E-state index < -0.39 is 61.0 Å². The maximum absolute atomic E-state index is 10.3. The zero-order valence-corrected chi connectivity index (χ0v) is 30.9. The van der Waals surface area contributed by atoms with Crippen molar-refractivity contribution >= 4 is 23.2 Å². The van der Waals surface area contributed by atoms with Crippen LogP contribution < -0.4 is 9.47 Å². The molecule has 51 heavy (non-hydrogen) atoms. The molecule has 2 aliphatic carbocycles. The number of aliphatic hydroxyl groups is 6.